The van der Waals surface area contributed by atoms with Crippen LogP contribution in [-0.4, -0.2) is 42.9 Å². The first-order chi connectivity index (χ1) is 4.33. The fourth-order valence-corrected chi connectivity index (χ4v) is 1.02. The monoisotopic (exact) mass is 132 g/mol. The van der Waals surface area contributed by atoms with Crippen molar-refractivity contribution in [2.45, 2.75) is 0 Å². The van der Waals surface area contributed by atoms with Gasteiger partial charge in [-0.05, 0) is 0 Å². The van der Waals surface area contributed by atoms with Gasteiger partial charge in [-0.1, -0.05) is 0 Å². The summed E-state index contributed by atoms with van der Waals surface area (Å²) in [6.45, 7) is 2.85. The largest absolute Gasteiger partial charge is 0.633 e. The lowest BCUT2D eigenvalue weighted by Gasteiger charge is -2.15. The van der Waals surface area contributed by atoms with Gasteiger partial charge in [0, 0.05) is 6.54 Å². The second-order valence-electron chi connectivity index (χ2n) is 2.29. The molecular weight excluding hydrogens is 120 g/mol. The summed E-state index contributed by atoms with van der Waals surface area (Å²) in [4.78, 5) is 1.96. The molecule has 0 aliphatic carbocycles. The molecule has 2 N–H and O–H groups in total. The predicted molar refractivity (Wildman–Crippen MR) is 32.7 cm³/mol. The summed E-state index contributed by atoms with van der Waals surface area (Å²) in [6, 6.07) is 0. The van der Waals surface area contributed by atoms with E-state index in [1.54, 1.807) is 0 Å². The number of hydroxylamine groups is 2. The topological polar surface area (TPSA) is 51.0 Å². The van der Waals surface area contributed by atoms with Crippen LogP contribution in [0.25, 0.3) is 0 Å². The second-order valence-corrected chi connectivity index (χ2v) is 2.29. The summed E-state index contributed by atoms with van der Waals surface area (Å²) in [7, 11) is 0. The van der Waals surface area contributed by atoms with Gasteiger partial charge >= 0.3 is 0 Å². The molecule has 0 aromatic heterocycles. The van der Waals surface area contributed by atoms with Gasteiger partial charge in [0.1, 0.15) is 6.67 Å². The minimum atomic E-state index is 0.160. The van der Waals surface area contributed by atoms with Crippen molar-refractivity contribution in [3.63, 3.8) is 0 Å². The lowest BCUT2D eigenvalue weighted by Crippen LogP contribution is -3.05. The molecule has 0 amide bonds. The fourth-order valence-electron chi connectivity index (χ4n) is 1.02. The van der Waals surface area contributed by atoms with Gasteiger partial charge in [-0.25, -0.2) is 4.90 Å². The second kappa shape index (κ2) is 3.12. The number of hydrogen-bond donors (Lipinski definition) is 2. The molecule has 1 aliphatic heterocycles. The van der Waals surface area contributed by atoms with Crippen molar-refractivity contribution < 1.29 is 10.2 Å². The number of β-amino-alcohol motifs (C(OH)–C–C–N with tert-alkyl or cyclic N) is 1. The van der Waals surface area contributed by atoms with Gasteiger partial charge in [-0.2, -0.15) is 0 Å². The van der Waals surface area contributed by atoms with Crippen molar-refractivity contribution in [3.8, 4) is 0 Å². The number of nitrogens with one attached hydrogen (secondary N) is 1. The minimum Gasteiger partial charge on any atom is -0.633 e. The summed E-state index contributed by atoms with van der Waals surface area (Å²) < 4.78 is 0. The molecule has 0 saturated carbocycles. The van der Waals surface area contributed by atoms with Crippen LogP contribution in [0.15, 0.2) is 0 Å². The molecule has 0 aromatic rings. The zero-order chi connectivity index (χ0) is 6.69. The highest BCUT2D eigenvalue weighted by Crippen LogP contribution is 1.84. The Hall–Kier alpha value is -0.160. The van der Waals surface area contributed by atoms with Crippen LogP contribution in [0.1, 0.15) is 0 Å². The van der Waals surface area contributed by atoms with E-state index in [0.29, 0.717) is 24.8 Å². The molecule has 1 unspecified atom stereocenters. The van der Waals surface area contributed by atoms with Crippen LogP contribution >= 0.6 is 0 Å². The minimum absolute atomic E-state index is 0.160. The highest BCUT2D eigenvalue weighted by atomic mass is 16.5. The highest BCUT2D eigenvalue weighted by Gasteiger charge is 2.15. The van der Waals surface area contributed by atoms with E-state index in [2.05, 4.69) is 0 Å². The van der Waals surface area contributed by atoms with Gasteiger partial charge in [-0.3, -0.25) is 0 Å². The summed E-state index contributed by atoms with van der Waals surface area (Å²) in [5.74, 6) is 0. The average molecular weight is 132 g/mol. The molecule has 54 valence electrons. The molecule has 1 atom stereocenters. The van der Waals surface area contributed by atoms with E-state index in [0.717, 1.165) is 6.54 Å². The van der Waals surface area contributed by atoms with Gasteiger partial charge in [-0.15, -0.1) is 0 Å². The number of aliphatic hydroxyl groups excluding tert-OH is 1. The molecule has 0 radical (unpaired) electrons. The van der Waals surface area contributed by atoms with Crippen LogP contribution < -0.4 is 5.06 Å². The summed E-state index contributed by atoms with van der Waals surface area (Å²) in [6.07, 6.45) is 0. The average Bonchev–Trinajstić information content (AvgIpc) is 2.17. The van der Waals surface area contributed by atoms with E-state index in [4.69, 9.17) is 5.11 Å². The molecule has 1 saturated heterocycles. The lowest BCUT2D eigenvalue weighted by atomic mass is 10.5. The maximum Gasteiger partial charge on any atom is 0.133 e. The molecule has 1 heterocycles. The molecule has 0 spiro atoms. The zero-order valence-corrected chi connectivity index (χ0v) is 5.34. The first-order valence-electron chi connectivity index (χ1n) is 3.18. The smallest absolute Gasteiger partial charge is 0.133 e. The molecule has 1 fully saturated rings. The van der Waals surface area contributed by atoms with Gasteiger partial charge in [0.05, 0.1) is 19.7 Å². The van der Waals surface area contributed by atoms with Crippen LogP contribution in [0, 0.1) is 5.21 Å². The van der Waals surface area contributed by atoms with Gasteiger partial charge in [0.15, 0.2) is 0 Å². The maximum absolute atomic E-state index is 10.6. The number of rotatable bonds is 2. The van der Waals surface area contributed by atoms with Crippen molar-refractivity contribution >= 4 is 0 Å². The molecule has 1 rings (SSSR count). The van der Waals surface area contributed by atoms with E-state index in [9.17, 15) is 5.21 Å². The zero-order valence-electron chi connectivity index (χ0n) is 5.34. The van der Waals surface area contributed by atoms with Gasteiger partial charge in [0.2, 0.25) is 0 Å². The normalized spacial score (nSPS) is 29.3. The van der Waals surface area contributed by atoms with E-state index >= 15 is 0 Å². The maximum atomic E-state index is 10.6. The van der Waals surface area contributed by atoms with Crippen LogP contribution in [0.4, 0.5) is 0 Å². The van der Waals surface area contributed by atoms with Gasteiger partial charge in [0.25, 0.3) is 0 Å². The number of hydrogen-bond acceptors (Lipinski definition) is 3. The Balaban J connectivity index is 2.14. The molecule has 1 aliphatic rings. The quantitative estimate of drug-likeness (QED) is 0.413. The molecule has 0 aromatic carbocycles. The first kappa shape index (κ1) is 6.95. The van der Waals surface area contributed by atoms with E-state index in [1.807, 2.05) is 4.90 Å². The van der Waals surface area contributed by atoms with E-state index in [-0.39, 0.29) is 6.61 Å². The van der Waals surface area contributed by atoms with Crippen molar-refractivity contribution in [3.05, 3.63) is 5.21 Å². The third-order valence-electron chi connectivity index (χ3n) is 1.52. The SMILES string of the molecule is [O-][NH+]1CCN(CCO)C1. The Bertz CT molecular complexity index is 87.0. The van der Waals surface area contributed by atoms with Crippen molar-refractivity contribution in [1.29, 1.82) is 0 Å². The Morgan fingerprint density at radius 1 is 1.67 bits per heavy atom. The van der Waals surface area contributed by atoms with Crippen LogP contribution in [-0.2, 0) is 0 Å². The third-order valence-corrected chi connectivity index (χ3v) is 1.52. The summed E-state index contributed by atoms with van der Waals surface area (Å²) in [5, 5.41) is 19.4. The number of nitrogens with zero attached hydrogens (tertiary/aromatic N) is 1. The van der Waals surface area contributed by atoms with Crippen LogP contribution in [0.5, 0.6) is 0 Å². The van der Waals surface area contributed by atoms with E-state index < -0.39 is 0 Å². The molecule has 9 heavy (non-hydrogen) atoms. The predicted octanol–water partition coefficient (Wildman–Crippen LogP) is -2.37. The molecule has 0 bridgehead atoms. The summed E-state index contributed by atoms with van der Waals surface area (Å²) >= 11 is 0. The fraction of sp³-hybridized carbons (Fsp3) is 1.00. The number of quaternary nitrogens is 1. The standard InChI is InChI=1S/C5H12N2O2/c8-4-3-6-1-2-7(9)5-6/h7-8H,1-5H2. The van der Waals surface area contributed by atoms with Crippen molar-refractivity contribution in [2.75, 3.05) is 32.9 Å². The highest BCUT2D eigenvalue weighted by molar-refractivity contribution is 4.55. The van der Waals surface area contributed by atoms with Crippen LogP contribution in [0.2, 0.25) is 0 Å². The third kappa shape index (κ3) is 1.91. The Labute approximate surface area is 54.3 Å². The van der Waals surface area contributed by atoms with Crippen LogP contribution in [0.3, 0.4) is 0 Å². The molecule has 4 nitrogen and oxygen atoms in total. The van der Waals surface area contributed by atoms with Crippen molar-refractivity contribution in [2.24, 2.45) is 0 Å². The Kier molecular flexibility index (Phi) is 2.41. The molecule has 4 heteroatoms. The van der Waals surface area contributed by atoms with Gasteiger partial charge < -0.3 is 15.4 Å². The van der Waals surface area contributed by atoms with E-state index in [1.165, 1.54) is 0 Å². The number of aliphatic hydroxyl groups is 1. The summed E-state index contributed by atoms with van der Waals surface area (Å²) in [5.41, 5.74) is 0. The Morgan fingerprint density at radius 2 is 2.44 bits per heavy atom. The Morgan fingerprint density at radius 3 is 2.89 bits per heavy atom. The molecular formula is C5H12N2O2. The first-order valence-corrected chi connectivity index (χ1v) is 3.18. The van der Waals surface area contributed by atoms with Crippen molar-refractivity contribution in [1.82, 2.24) is 4.90 Å². The lowest BCUT2D eigenvalue weighted by molar-refractivity contribution is -0.839.